The van der Waals surface area contributed by atoms with Crippen LogP contribution in [0.25, 0.3) is 0 Å². The van der Waals surface area contributed by atoms with Crippen molar-refractivity contribution in [2.75, 3.05) is 26.8 Å². The van der Waals surface area contributed by atoms with Crippen molar-refractivity contribution >= 4 is 11.9 Å². The second-order valence-corrected chi connectivity index (χ2v) is 6.59. The van der Waals surface area contributed by atoms with Gasteiger partial charge in [-0.3, -0.25) is 9.59 Å². The minimum Gasteiger partial charge on any atom is -0.481 e. The summed E-state index contributed by atoms with van der Waals surface area (Å²) in [6.45, 7) is 2.74. The molecule has 1 aromatic carbocycles. The Balaban J connectivity index is 2.03. The molecule has 0 aromatic heterocycles. The van der Waals surface area contributed by atoms with Gasteiger partial charge in [0.25, 0.3) is 0 Å². The van der Waals surface area contributed by atoms with Gasteiger partial charge in [-0.25, -0.2) is 4.39 Å². The number of rotatable bonds is 6. The highest BCUT2D eigenvalue weighted by atomic mass is 19.1. The largest absolute Gasteiger partial charge is 0.481 e. The van der Waals surface area contributed by atoms with E-state index < -0.39 is 11.4 Å². The molecule has 1 amide bonds. The van der Waals surface area contributed by atoms with Crippen molar-refractivity contribution in [3.05, 3.63) is 35.6 Å². The van der Waals surface area contributed by atoms with Gasteiger partial charge >= 0.3 is 5.97 Å². The van der Waals surface area contributed by atoms with Crippen LogP contribution in [0.4, 0.5) is 4.39 Å². The molecular weight excluding hydrogens is 313 g/mol. The molecule has 2 unspecified atom stereocenters. The lowest BCUT2D eigenvalue weighted by Gasteiger charge is -2.39. The number of piperidine rings is 1. The summed E-state index contributed by atoms with van der Waals surface area (Å²) in [7, 11) is 1.47. The zero-order valence-electron chi connectivity index (χ0n) is 14.1. The summed E-state index contributed by atoms with van der Waals surface area (Å²) in [5, 5.41) is 9.55. The molecular formula is C18H24FNO4. The van der Waals surface area contributed by atoms with Crippen molar-refractivity contribution < 1.29 is 23.8 Å². The molecule has 1 aromatic rings. The van der Waals surface area contributed by atoms with E-state index in [0.29, 0.717) is 19.4 Å². The van der Waals surface area contributed by atoms with Gasteiger partial charge in [0.15, 0.2) is 0 Å². The Bertz CT molecular complexity index is 585. The fourth-order valence-electron chi connectivity index (χ4n) is 3.28. The van der Waals surface area contributed by atoms with Crippen molar-refractivity contribution in [3.63, 3.8) is 0 Å². The fourth-order valence-corrected chi connectivity index (χ4v) is 3.28. The first-order chi connectivity index (χ1) is 11.4. The Morgan fingerprint density at radius 1 is 1.38 bits per heavy atom. The smallest absolute Gasteiger partial charge is 0.313 e. The first-order valence-corrected chi connectivity index (χ1v) is 8.13. The molecule has 1 heterocycles. The lowest BCUT2D eigenvalue weighted by atomic mass is 9.80. The van der Waals surface area contributed by atoms with Crippen LogP contribution in [0.5, 0.6) is 0 Å². The van der Waals surface area contributed by atoms with Crippen molar-refractivity contribution in [2.45, 2.75) is 32.1 Å². The third-order valence-electron chi connectivity index (χ3n) is 4.72. The van der Waals surface area contributed by atoms with Crippen LogP contribution in [0, 0.1) is 11.2 Å². The van der Waals surface area contributed by atoms with Gasteiger partial charge in [0, 0.05) is 26.6 Å². The molecule has 0 saturated carbocycles. The van der Waals surface area contributed by atoms with Crippen LogP contribution in [-0.2, 0) is 14.3 Å². The Morgan fingerprint density at radius 3 is 2.62 bits per heavy atom. The molecule has 1 aliphatic heterocycles. The third kappa shape index (κ3) is 4.12. The van der Waals surface area contributed by atoms with E-state index in [1.165, 1.54) is 19.2 Å². The summed E-state index contributed by atoms with van der Waals surface area (Å²) in [6.07, 6.45) is 1.42. The van der Waals surface area contributed by atoms with E-state index in [0.717, 1.165) is 5.56 Å². The van der Waals surface area contributed by atoms with Gasteiger partial charge in [-0.15, -0.1) is 0 Å². The minimum atomic E-state index is -1.03. The highest BCUT2D eigenvalue weighted by Crippen LogP contribution is 2.32. The molecule has 6 heteroatoms. The number of methoxy groups -OCH3 is 1. The summed E-state index contributed by atoms with van der Waals surface area (Å²) in [5.74, 6) is -1.36. The van der Waals surface area contributed by atoms with Gasteiger partial charge in [-0.2, -0.15) is 0 Å². The maximum atomic E-state index is 13.0. The molecule has 1 fully saturated rings. The van der Waals surface area contributed by atoms with Crippen LogP contribution in [0.3, 0.4) is 0 Å². The van der Waals surface area contributed by atoms with E-state index in [-0.39, 0.29) is 37.2 Å². The predicted molar refractivity (Wildman–Crippen MR) is 87.2 cm³/mol. The van der Waals surface area contributed by atoms with Gasteiger partial charge in [-0.05, 0) is 36.5 Å². The van der Waals surface area contributed by atoms with E-state index in [9.17, 15) is 19.1 Å². The summed E-state index contributed by atoms with van der Waals surface area (Å²) in [5.41, 5.74) is -0.134. The standard InChI is InChI=1S/C18H24FNO4/c1-13(14-4-6-15(19)7-5-14)10-16(21)20-9-3-8-18(11-20,12-24-2)17(22)23/h4-7,13H,3,8-12H2,1-2H3,(H,22,23). The van der Waals surface area contributed by atoms with Crippen molar-refractivity contribution in [1.29, 1.82) is 0 Å². The number of nitrogens with zero attached hydrogens (tertiary/aromatic N) is 1. The molecule has 24 heavy (non-hydrogen) atoms. The topological polar surface area (TPSA) is 66.8 Å². The molecule has 1 saturated heterocycles. The third-order valence-corrected chi connectivity index (χ3v) is 4.72. The first-order valence-electron chi connectivity index (χ1n) is 8.13. The second-order valence-electron chi connectivity index (χ2n) is 6.59. The van der Waals surface area contributed by atoms with Crippen molar-refractivity contribution in [1.82, 2.24) is 4.90 Å². The number of carbonyl (C=O) groups is 2. The van der Waals surface area contributed by atoms with Gasteiger partial charge in [0.1, 0.15) is 11.2 Å². The number of halogens is 1. The molecule has 0 aliphatic carbocycles. The van der Waals surface area contributed by atoms with Crippen LogP contribution in [0.2, 0.25) is 0 Å². The van der Waals surface area contributed by atoms with E-state index in [4.69, 9.17) is 4.74 Å². The van der Waals surface area contributed by atoms with Gasteiger partial charge in [0.05, 0.1) is 6.61 Å². The quantitative estimate of drug-likeness (QED) is 0.867. The van der Waals surface area contributed by atoms with E-state index >= 15 is 0 Å². The first kappa shape index (κ1) is 18.4. The zero-order chi connectivity index (χ0) is 17.7. The summed E-state index contributed by atoms with van der Waals surface area (Å²) in [4.78, 5) is 25.9. The number of benzene rings is 1. The highest BCUT2D eigenvalue weighted by Gasteiger charge is 2.43. The SMILES string of the molecule is COCC1(C(=O)O)CCCN(C(=O)CC(C)c2ccc(F)cc2)C1. The van der Waals surface area contributed by atoms with E-state index in [2.05, 4.69) is 0 Å². The predicted octanol–water partition coefficient (Wildman–Crippen LogP) is 2.66. The molecule has 2 atom stereocenters. The van der Waals surface area contributed by atoms with Gasteiger partial charge in [0.2, 0.25) is 5.91 Å². The molecule has 1 aliphatic rings. The Labute approximate surface area is 141 Å². The van der Waals surface area contributed by atoms with Crippen molar-refractivity contribution in [3.8, 4) is 0 Å². The van der Waals surface area contributed by atoms with Gasteiger partial charge < -0.3 is 14.7 Å². The number of aliphatic carboxylic acids is 1. The van der Waals surface area contributed by atoms with E-state index in [1.807, 2.05) is 6.92 Å². The summed E-state index contributed by atoms with van der Waals surface area (Å²) >= 11 is 0. The number of carboxylic acids is 1. The normalized spacial score (nSPS) is 22.2. The fraction of sp³-hybridized carbons (Fsp3) is 0.556. The zero-order valence-corrected chi connectivity index (χ0v) is 14.1. The second kappa shape index (κ2) is 7.75. The van der Waals surface area contributed by atoms with E-state index in [1.54, 1.807) is 17.0 Å². The summed E-state index contributed by atoms with van der Waals surface area (Å²) in [6, 6.07) is 6.11. The molecule has 0 spiro atoms. The number of amides is 1. The maximum Gasteiger partial charge on any atom is 0.313 e. The number of carbonyl (C=O) groups excluding carboxylic acids is 1. The average Bonchev–Trinajstić information content (AvgIpc) is 2.55. The lowest BCUT2D eigenvalue weighted by Crippen LogP contribution is -2.52. The van der Waals surface area contributed by atoms with Crippen LogP contribution in [-0.4, -0.2) is 48.7 Å². The monoisotopic (exact) mass is 337 g/mol. The van der Waals surface area contributed by atoms with Crippen LogP contribution in [0.15, 0.2) is 24.3 Å². The van der Waals surface area contributed by atoms with Crippen molar-refractivity contribution in [2.24, 2.45) is 5.41 Å². The Morgan fingerprint density at radius 2 is 2.04 bits per heavy atom. The van der Waals surface area contributed by atoms with Crippen LogP contribution < -0.4 is 0 Å². The maximum absolute atomic E-state index is 13.0. The van der Waals surface area contributed by atoms with Crippen LogP contribution >= 0.6 is 0 Å². The molecule has 132 valence electrons. The molecule has 0 radical (unpaired) electrons. The number of ether oxygens (including phenoxy) is 1. The summed E-state index contributed by atoms with van der Waals surface area (Å²) < 4.78 is 18.1. The number of hydrogen-bond acceptors (Lipinski definition) is 3. The highest BCUT2D eigenvalue weighted by molar-refractivity contribution is 5.80. The number of carboxylic acid groups (broad SMARTS) is 1. The molecule has 0 bridgehead atoms. The molecule has 1 N–H and O–H groups in total. The minimum absolute atomic E-state index is 0.0540. The number of likely N-dealkylation sites (tertiary alicyclic amines) is 1. The Kier molecular flexibility index (Phi) is 5.94. The lowest BCUT2D eigenvalue weighted by molar-refractivity contribution is -0.159. The van der Waals surface area contributed by atoms with Crippen LogP contribution in [0.1, 0.15) is 37.7 Å². The number of hydrogen-bond donors (Lipinski definition) is 1. The Hall–Kier alpha value is -1.95. The van der Waals surface area contributed by atoms with Gasteiger partial charge in [-0.1, -0.05) is 19.1 Å². The average molecular weight is 337 g/mol. The molecule has 5 nitrogen and oxygen atoms in total. The molecule has 2 rings (SSSR count).